The fraction of sp³-hybridized carbons (Fsp3) is 0.412. The molecule has 0 heterocycles. The second-order valence-electron chi connectivity index (χ2n) is 5.22. The summed E-state index contributed by atoms with van der Waals surface area (Å²) < 4.78 is 5.27. The Morgan fingerprint density at radius 3 is 2.70 bits per heavy atom. The normalized spacial score (nSPS) is 25.4. The molecule has 1 fully saturated rings. The van der Waals surface area contributed by atoms with Crippen molar-refractivity contribution < 1.29 is 9.53 Å². The number of nitriles is 1. The van der Waals surface area contributed by atoms with Gasteiger partial charge in [-0.2, -0.15) is 5.26 Å². The Kier molecular flexibility index (Phi) is 4.92. The highest BCUT2D eigenvalue weighted by Gasteiger charge is 2.39. The molecule has 1 saturated carbocycles. The zero-order chi connectivity index (χ0) is 14.5. The lowest BCUT2D eigenvalue weighted by atomic mass is 9.84. The number of ketones is 1. The Labute approximate surface area is 120 Å². The van der Waals surface area contributed by atoms with Crippen molar-refractivity contribution in [2.24, 2.45) is 17.8 Å². The molecule has 0 aromatic heterocycles. The van der Waals surface area contributed by atoms with E-state index in [1.165, 1.54) is 0 Å². The molecule has 0 spiro atoms. The number of hydrogen-bond donors (Lipinski definition) is 0. The molecule has 2 rings (SSSR count). The van der Waals surface area contributed by atoms with Gasteiger partial charge in [-0.05, 0) is 36.8 Å². The van der Waals surface area contributed by atoms with Gasteiger partial charge in [-0.15, -0.1) is 0 Å². The number of methoxy groups -OCH3 is 1. The van der Waals surface area contributed by atoms with Crippen molar-refractivity contribution in [1.29, 1.82) is 5.26 Å². The van der Waals surface area contributed by atoms with Gasteiger partial charge in [0, 0.05) is 25.2 Å². The summed E-state index contributed by atoms with van der Waals surface area (Å²) in [4.78, 5) is 12.6. The summed E-state index contributed by atoms with van der Waals surface area (Å²) in [5.41, 5.74) is 1.23. The Morgan fingerprint density at radius 2 is 2.15 bits per heavy atom. The molecule has 1 aliphatic rings. The number of Topliss-reactive ketones (excluding diaryl/α,β-unsaturated/α-hetero) is 1. The van der Waals surface area contributed by atoms with Crippen molar-refractivity contribution in [1.82, 2.24) is 0 Å². The van der Waals surface area contributed by atoms with Gasteiger partial charge < -0.3 is 4.74 Å². The van der Waals surface area contributed by atoms with Gasteiger partial charge in [-0.1, -0.05) is 25.5 Å². The van der Waals surface area contributed by atoms with Crippen LogP contribution in [0.1, 0.15) is 28.8 Å². The number of carbonyl (C=O) groups excluding carboxylic acids is 1. The zero-order valence-corrected chi connectivity index (χ0v) is 11.7. The highest BCUT2D eigenvalue weighted by molar-refractivity contribution is 5.99. The van der Waals surface area contributed by atoms with Crippen LogP contribution >= 0.6 is 0 Å². The molecule has 104 valence electrons. The highest BCUT2D eigenvalue weighted by atomic mass is 16.5. The van der Waals surface area contributed by atoms with E-state index in [2.05, 4.69) is 19.4 Å². The first-order valence-electron chi connectivity index (χ1n) is 6.87. The van der Waals surface area contributed by atoms with Crippen LogP contribution in [0, 0.1) is 42.4 Å². The summed E-state index contributed by atoms with van der Waals surface area (Å²) >= 11 is 0. The van der Waals surface area contributed by atoms with Crippen molar-refractivity contribution in [3.05, 3.63) is 48.7 Å². The molecule has 0 amide bonds. The minimum absolute atomic E-state index is 0.102. The van der Waals surface area contributed by atoms with E-state index in [4.69, 9.17) is 10.00 Å². The maximum absolute atomic E-state index is 12.6. The first-order valence-corrected chi connectivity index (χ1v) is 6.87. The third-order valence-corrected chi connectivity index (χ3v) is 4.09. The molecular weight excluding hydrogens is 250 g/mol. The molecule has 0 N–H and O–H groups in total. The summed E-state index contributed by atoms with van der Waals surface area (Å²) in [5.74, 6) is 0.644. The number of nitrogens with zero attached hydrogens (tertiary/aromatic N) is 1. The van der Waals surface area contributed by atoms with Crippen LogP contribution in [0.3, 0.4) is 0 Å². The summed E-state index contributed by atoms with van der Waals surface area (Å²) in [6.07, 6.45) is 3.84. The smallest absolute Gasteiger partial charge is 0.166 e. The molecule has 3 heteroatoms. The number of benzene rings is 1. The van der Waals surface area contributed by atoms with E-state index in [1.807, 2.05) is 0 Å². The fourth-order valence-corrected chi connectivity index (χ4v) is 2.93. The molecule has 0 aliphatic heterocycles. The highest BCUT2D eigenvalue weighted by Crippen LogP contribution is 2.40. The zero-order valence-electron chi connectivity index (χ0n) is 11.7. The predicted octanol–water partition coefficient (Wildman–Crippen LogP) is 3.07. The van der Waals surface area contributed by atoms with Gasteiger partial charge in [0.25, 0.3) is 0 Å². The number of rotatable bonds is 5. The number of hydrogen-bond acceptors (Lipinski definition) is 3. The lowest BCUT2D eigenvalue weighted by Gasteiger charge is -2.22. The second-order valence-corrected chi connectivity index (χ2v) is 5.22. The van der Waals surface area contributed by atoms with Crippen LogP contribution in [-0.2, 0) is 4.74 Å². The largest absolute Gasteiger partial charge is 0.384 e. The van der Waals surface area contributed by atoms with Gasteiger partial charge in [0.2, 0.25) is 0 Å². The summed E-state index contributed by atoms with van der Waals surface area (Å²) in [6.45, 7) is 4.55. The molecule has 1 aliphatic carbocycles. The van der Waals surface area contributed by atoms with E-state index >= 15 is 0 Å². The molecule has 20 heavy (non-hydrogen) atoms. The molecule has 3 atom stereocenters. The third-order valence-electron chi connectivity index (χ3n) is 4.09. The standard InChI is InChI=1S/C17H19NO2/c1-3-13-8-9-15(16(13)11-20-2)17(19)14-6-4-12(10-18)5-7-14/h4-7,9,13,15-16H,1,3,8,11H2,2H3. The summed E-state index contributed by atoms with van der Waals surface area (Å²) in [6, 6.07) is 8.90. The first kappa shape index (κ1) is 14.7. The van der Waals surface area contributed by atoms with Crippen LogP contribution in [0.15, 0.2) is 24.3 Å². The maximum Gasteiger partial charge on any atom is 0.166 e. The van der Waals surface area contributed by atoms with Gasteiger partial charge in [-0.25, -0.2) is 0 Å². The first-order chi connectivity index (χ1) is 9.71. The van der Waals surface area contributed by atoms with Crippen LogP contribution in [0.5, 0.6) is 0 Å². The van der Waals surface area contributed by atoms with E-state index in [1.54, 1.807) is 31.4 Å². The average molecular weight is 269 g/mol. The van der Waals surface area contributed by atoms with Crippen LogP contribution in [0.4, 0.5) is 0 Å². The van der Waals surface area contributed by atoms with E-state index < -0.39 is 0 Å². The maximum atomic E-state index is 12.6. The van der Waals surface area contributed by atoms with Crippen LogP contribution in [0.2, 0.25) is 0 Å². The monoisotopic (exact) mass is 269 g/mol. The van der Waals surface area contributed by atoms with Crippen molar-refractivity contribution in [3.8, 4) is 6.07 Å². The van der Waals surface area contributed by atoms with Crippen molar-refractivity contribution in [3.63, 3.8) is 0 Å². The molecule has 1 aromatic rings. The van der Waals surface area contributed by atoms with Crippen molar-refractivity contribution in [2.45, 2.75) is 12.8 Å². The van der Waals surface area contributed by atoms with Crippen molar-refractivity contribution >= 4 is 5.78 Å². The molecule has 2 radical (unpaired) electrons. The molecule has 3 nitrogen and oxygen atoms in total. The Hall–Kier alpha value is -1.66. The van der Waals surface area contributed by atoms with Gasteiger partial charge in [-0.3, -0.25) is 4.79 Å². The minimum Gasteiger partial charge on any atom is -0.384 e. The van der Waals surface area contributed by atoms with Gasteiger partial charge in [0.1, 0.15) is 0 Å². The van der Waals surface area contributed by atoms with E-state index in [9.17, 15) is 4.79 Å². The number of ether oxygens (including phenoxy) is 1. The fourth-order valence-electron chi connectivity index (χ4n) is 2.93. The third kappa shape index (κ3) is 2.91. The molecule has 3 unspecified atom stereocenters. The minimum atomic E-state index is -0.102. The van der Waals surface area contributed by atoms with E-state index in [0.717, 1.165) is 12.8 Å². The summed E-state index contributed by atoms with van der Waals surface area (Å²) in [5, 5.41) is 8.79. The quantitative estimate of drug-likeness (QED) is 0.772. The van der Waals surface area contributed by atoms with Gasteiger partial charge in [0.05, 0.1) is 11.6 Å². The van der Waals surface area contributed by atoms with Gasteiger partial charge in [0.15, 0.2) is 5.78 Å². The Bertz CT molecular complexity index is 501. The van der Waals surface area contributed by atoms with Gasteiger partial charge >= 0.3 is 0 Å². The number of carbonyl (C=O) groups is 1. The second kappa shape index (κ2) is 6.67. The van der Waals surface area contributed by atoms with E-state index in [-0.39, 0.29) is 17.6 Å². The summed E-state index contributed by atoms with van der Waals surface area (Å²) in [7, 11) is 1.67. The molecular formula is C17H19NO2. The van der Waals surface area contributed by atoms with Crippen LogP contribution in [0.25, 0.3) is 0 Å². The van der Waals surface area contributed by atoms with Crippen LogP contribution < -0.4 is 0 Å². The topological polar surface area (TPSA) is 50.1 Å². The van der Waals surface area contributed by atoms with E-state index in [0.29, 0.717) is 23.7 Å². The average Bonchev–Trinajstić information content (AvgIpc) is 2.90. The molecule has 0 bridgehead atoms. The predicted molar refractivity (Wildman–Crippen MR) is 76.7 cm³/mol. The lowest BCUT2D eigenvalue weighted by Crippen LogP contribution is -2.26. The Balaban J connectivity index is 2.16. The van der Waals surface area contributed by atoms with Crippen LogP contribution in [-0.4, -0.2) is 19.5 Å². The molecule has 0 saturated heterocycles. The van der Waals surface area contributed by atoms with Crippen molar-refractivity contribution in [2.75, 3.05) is 13.7 Å². The SMILES string of the molecule is [CH2]CC1C[CH]C(C(=O)c2ccc(C#N)cc2)C1COC. The lowest BCUT2D eigenvalue weighted by molar-refractivity contribution is 0.0777. The Morgan fingerprint density at radius 1 is 1.45 bits per heavy atom. The molecule has 1 aromatic carbocycles.